The van der Waals surface area contributed by atoms with Crippen LogP contribution in [0.25, 0.3) is 0 Å². The molecule has 0 bridgehead atoms. The summed E-state index contributed by atoms with van der Waals surface area (Å²) in [5.74, 6) is -1.58. The quantitative estimate of drug-likeness (QED) is 0.859. The van der Waals surface area contributed by atoms with Crippen LogP contribution in [-0.4, -0.2) is 46.3 Å². The predicted molar refractivity (Wildman–Crippen MR) is 83.6 cm³/mol. The molecule has 0 aliphatic carbocycles. The summed E-state index contributed by atoms with van der Waals surface area (Å²) in [7, 11) is 1.50. The number of likely N-dealkylation sites (N-methyl/N-ethyl adjacent to an activating group) is 1. The van der Waals surface area contributed by atoms with Gasteiger partial charge in [0, 0.05) is 7.05 Å². The summed E-state index contributed by atoms with van der Waals surface area (Å²) >= 11 is 5.85. The standard InChI is InChI=1S/C15H17ClFN3O3/c1-8(20-13(22)15(2,3)19(4)14(20)23)12(21)18-11-6-5-9(17)7-10(11)16/h5-8H,1-4H3,(H,18,21)/t8-/m0/s1. The summed E-state index contributed by atoms with van der Waals surface area (Å²) < 4.78 is 13.0. The third-order valence-electron chi connectivity index (χ3n) is 4.03. The molecule has 1 aliphatic heterocycles. The Labute approximate surface area is 138 Å². The summed E-state index contributed by atoms with van der Waals surface area (Å²) in [5, 5.41) is 2.52. The second-order valence-corrected chi connectivity index (χ2v) is 6.27. The number of urea groups is 1. The number of hydrogen-bond acceptors (Lipinski definition) is 3. The van der Waals surface area contributed by atoms with Crippen molar-refractivity contribution in [1.29, 1.82) is 0 Å². The van der Waals surface area contributed by atoms with Crippen molar-refractivity contribution >= 4 is 35.1 Å². The fourth-order valence-corrected chi connectivity index (χ4v) is 2.43. The van der Waals surface area contributed by atoms with Gasteiger partial charge in [-0.1, -0.05) is 11.6 Å². The van der Waals surface area contributed by atoms with Gasteiger partial charge in [0.15, 0.2) is 0 Å². The van der Waals surface area contributed by atoms with Gasteiger partial charge >= 0.3 is 6.03 Å². The molecule has 0 spiro atoms. The molecule has 0 aromatic heterocycles. The normalized spacial score (nSPS) is 18.3. The molecule has 1 heterocycles. The maximum Gasteiger partial charge on any atom is 0.328 e. The molecule has 4 amide bonds. The minimum absolute atomic E-state index is 0.0297. The van der Waals surface area contributed by atoms with Gasteiger partial charge in [-0.3, -0.25) is 9.59 Å². The van der Waals surface area contributed by atoms with Crippen LogP contribution >= 0.6 is 11.6 Å². The Balaban J connectivity index is 2.20. The van der Waals surface area contributed by atoms with Crippen LogP contribution in [0.1, 0.15) is 20.8 Å². The number of halogens is 2. The summed E-state index contributed by atoms with van der Waals surface area (Å²) in [4.78, 5) is 39.1. The van der Waals surface area contributed by atoms with Crippen molar-refractivity contribution in [3.8, 4) is 0 Å². The zero-order valence-corrected chi connectivity index (χ0v) is 13.9. The van der Waals surface area contributed by atoms with Gasteiger partial charge in [-0.25, -0.2) is 14.1 Å². The van der Waals surface area contributed by atoms with Crippen molar-refractivity contribution in [1.82, 2.24) is 9.80 Å². The molecule has 1 aromatic carbocycles. The van der Waals surface area contributed by atoms with E-state index in [0.717, 1.165) is 17.0 Å². The molecule has 0 unspecified atom stereocenters. The number of nitrogens with one attached hydrogen (secondary N) is 1. The van der Waals surface area contributed by atoms with Gasteiger partial charge < -0.3 is 10.2 Å². The molecule has 124 valence electrons. The largest absolute Gasteiger partial charge is 0.328 e. The molecule has 1 fully saturated rings. The lowest BCUT2D eigenvalue weighted by molar-refractivity contribution is -0.136. The van der Waals surface area contributed by atoms with E-state index in [1.165, 1.54) is 24.9 Å². The average Bonchev–Trinajstić information content (AvgIpc) is 2.62. The lowest BCUT2D eigenvalue weighted by Gasteiger charge is -2.23. The molecular formula is C15H17ClFN3O3. The number of imide groups is 1. The van der Waals surface area contributed by atoms with Gasteiger partial charge in [0.25, 0.3) is 5.91 Å². The van der Waals surface area contributed by atoms with E-state index < -0.39 is 35.2 Å². The molecule has 1 saturated heterocycles. The first-order valence-electron chi connectivity index (χ1n) is 6.94. The molecule has 8 heteroatoms. The molecule has 1 aromatic rings. The van der Waals surface area contributed by atoms with Gasteiger partial charge in [0.2, 0.25) is 5.91 Å². The van der Waals surface area contributed by atoms with Crippen molar-refractivity contribution in [2.75, 3.05) is 12.4 Å². The van der Waals surface area contributed by atoms with E-state index in [9.17, 15) is 18.8 Å². The van der Waals surface area contributed by atoms with Crippen molar-refractivity contribution in [3.63, 3.8) is 0 Å². The summed E-state index contributed by atoms with van der Waals surface area (Å²) in [6.07, 6.45) is 0. The van der Waals surface area contributed by atoms with E-state index in [-0.39, 0.29) is 10.7 Å². The lowest BCUT2D eigenvalue weighted by atomic mass is 10.0. The zero-order chi connectivity index (χ0) is 17.5. The summed E-state index contributed by atoms with van der Waals surface area (Å²) in [5.41, 5.74) is -0.810. The van der Waals surface area contributed by atoms with E-state index in [4.69, 9.17) is 11.6 Å². The molecule has 1 N–H and O–H groups in total. The van der Waals surface area contributed by atoms with Crippen molar-refractivity contribution in [3.05, 3.63) is 29.0 Å². The molecule has 0 radical (unpaired) electrons. The van der Waals surface area contributed by atoms with Crippen molar-refractivity contribution in [2.45, 2.75) is 32.4 Å². The van der Waals surface area contributed by atoms with E-state index in [1.54, 1.807) is 13.8 Å². The van der Waals surface area contributed by atoms with Crippen LogP contribution in [0, 0.1) is 5.82 Å². The SMILES string of the molecule is C[C@@H](C(=O)Nc1ccc(F)cc1Cl)N1C(=O)N(C)C(C)(C)C1=O. The third-order valence-corrected chi connectivity index (χ3v) is 4.34. The van der Waals surface area contributed by atoms with Gasteiger partial charge in [0.1, 0.15) is 17.4 Å². The van der Waals surface area contributed by atoms with Gasteiger partial charge in [-0.05, 0) is 39.0 Å². The van der Waals surface area contributed by atoms with Crippen LogP contribution in [0.15, 0.2) is 18.2 Å². The fourth-order valence-electron chi connectivity index (χ4n) is 2.21. The number of carbonyl (C=O) groups excluding carboxylic acids is 3. The Morgan fingerprint density at radius 1 is 1.35 bits per heavy atom. The second kappa shape index (κ2) is 5.81. The van der Waals surface area contributed by atoms with Crippen molar-refractivity contribution in [2.24, 2.45) is 0 Å². The number of nitrogens with zero attached hydrogens (tertiary/aromatic N) is 2. The van der Waals surface area contributed by atoms with E-state index >= 15 is 0 Å². The van der Waals surface area contributed by atoms with Gasteiger partial charge in [0.05, 0.1) is 10.7 Å². The highest BCUT2D eigenvalue weighted by Gasteiger charge is 2.52. The number of hydrogen-bond donors (Lipinski definition) is 1. The highest BCUT2D eigenvalue weighted by atomic mass is 35.5. The molecular weight excluding hydrogens is 325 g/mol. The van der Waals surface area contributed by atoms with Crippen LogP contribution in [0.4, 0.5) is 14.9 Å². The van der Waals surface area contributed by atoms with Crippen LogP contribution in [-0.2, 0) is 9.59 Å². The Hall–Kier alpha value is -2.15. The minimum atomic E-state index is -1.03. The topological polar surface area (TPSA) is 69.7 Å². The van der Waals surface area contributed by atoms with Crippen LogP contribution in [0.2, 0.25) is 5.02 Å². The fraction of sp³-hybridized carbons (Fsp3) is 0.400. The number of amides is 4. The summed E-state index contributed by atoms with van der Waals surface area (Å²) in [6.45, 7) is 4.65. The summed E-state index contributed by atoms with van der Waals surface area (Å²) in [6, 6.07) is 1.94. The monoisotopic (exact) mass is 341 g/mol. The van der Waals surface area contributed by atoms with E-state index in [0.29, 0.717) is 0 Å². The molecule has 6 nitrogen and oxygen atoms in total. The Bertz CT molecular complexity index is 693. The first-order valence-corrected chi connectivity index (χ1v) is 7.32. The molecule has 1 aliphatic rings. The Morgan fingerprint density at radius 3 is 2.43 bits per heavy atom. The van der Waals surface area contributed by atoms with E-state index in [2.05, 4.69) is 5.32 Å². The van der Waals surface area contributed by atoms with Crippen molar-refractivity contribution < 1.29 is 18.8 Å². The average molecular weight is 342 g/mol. The van der Waals surface area contributed by atoms with Crippen LogP contribution in [0.5, 0.6) is 0 Å². The first kappa shape index (κ1) is 17.2. The smallest absolute Gasteiger partial charge is 0.323 e. The second-order valence-electron chi connectivity index (χ2n) is 5.87. The molecule has 0 saturated carbocycles. The van der Waals surface area contributed by atoms with Crippen LogP contribution in [0.3, 0.4) is 0 Å². The molecule has 2 rings (SSSR count). The zero-order valence-electron chi connectivity index (χ0n) is 13.2. The lowest BCUT2D eigenvalue weighted by Crippen LogP contribution is -2.47. The highest BCUT2D eigenvalue weighted by molar-refractivity contribution is 6.33. The number of rotatable bonds is 3. The highest BCUT2D eigenvalue weighted by Crippen LogP contribution is 2.28. The Morgan fingerprint density at radius 2 is 1.96 bits per heavy atom. The Kier molecular flexibility index (Phi) is 4.34. The molecule has 1 atom stereocenters. The maximum absolute atomic E-state index is 13.0. The predicted octanol–water partition coefficient (Wildman–Crippen LogP) is 2.48. The first-order chi connectivity index (χ1) is 10.6. The molecule has 23 heavy (non-hydrogen) atoms. The maximum atomic E-state index is 13.0. The number of benzene rings is 1. The minimum Gasteiger partial charge on any atom is -0.323 e. The van der Waals surface area contributed by atoms with Gasteiger partial charge in [-0.2, -0.15) is 0 Å². The van der Waals surface area contributed by atoms with Crippen LogP contribution < -0.4 is 5.32 Å². The number of carbonyl (C=O) groups is 3. The van der Waals surface area contributed by atoms with Gasteiger partial charge in [-0.15, -0.1) is 0 Å². The third kappa shape index (κ3) is 2.88. The van der Waals surface area contributed by atoms with E-state index in [1.807, 2.05) is 0 Å². The number of anilines is 1.